The van der Waals surface area contributed by atoms with Crippen LogP contribution in [-0.4, -0.2) is 31.4 Å². The Morgan fingerprint density at radius 1 is 1.13 bits per heavy atom. The second-order valence-corrected chi connectivity index (χ2v) is 5.12. The highest BCUT2D eigenvalue weighted by atomic mass is 16.5. The molecule has 0 radical (unpaired) electrons. The second kappa shape index (κ2) is 6.73. The van der Waals surface area contributed by atoms with Crippen LogP contribution in [0.4, 0.5) is 0 Å². The van der Waals surface area contributed by atoms with Gasteiger partial charge in [0.25, 0.3) is 0 Å². The molecule has 0 saturated carbocycles. The third-order valence-corrected chi connectivity index (χ3v) is 3.67. The normalized spacial score (nSPS) is 21.0. The minimum atomic E-state index is -0.391. The zero-order chi connectivity index (χ0) is 16.2. The van der Waals surface area contributed by atoms with Gasteiger partial charge in [-0.1, -0.05) is 24.3 Å². The number of fused-ring (bicyclic) bond motifs is 1. The summed E-state index contributed by atoms with van der Waals surface area (Å²) in [6.07, 6.45) is 9.05. The van der Waals surface area contributed by atoms with Gasteiger partial charge in [-0.3, -0.25) is 0 Å². The van der Waals surface area contributed by atoms with Crippen molar-refractivity contribution < 1.29 is 13.9 Å². The molecule has 1 aliphatic carbocycles. The fourth-order valence-electron chi connectivity index (χ4n) is 2.46. The zero-order valence-corrected chi connectivity index (χ0v) is 12.9. The predicted molar refractivity (Wildman–Crippen MR) is 88.1 cm³/mol. The van der Waals surface area contributed by atoms with Crippen molar-refractivity contribution in [2.75, 3.05) is 14.2 Å². The molecule has 5 heteroatoms. The van der Waals surface area contributed by atoms with E-state index in [4.69, 9.17) is 13.9 Å². The van der Waals surface area contributed by atoms with Gasteiger partial charge in [0.15, 0.2) is 0 Å². The van der Waals surface area contributed by atoms with Crippen LogP contribution >= 0.6 is 0 Å². The molecule has 1 heterocycles. The van der Waals surface area contributed by atoms with Crippen molar-refractivity contribution >= 4 is 17.0 Å². The average Bonchev–Trinajstić information content (AvgIpc) is 2.59. The maximum absolute atomic E-state index is 11.9. The summed E-state index contributed by atoms with van der Waals surface area (Å²) in [5, 5.41) is 0.476. The van der Waals surface area contributed by atoms with E-state index >= 15 is 0 Å². The Morgan fingerprint density at radius 3 is 2.70 bits per heavy atom. The van der Waals surface area contributed by atoms with Gasteiger partial charge in [0.2, 0.25) is 5.89 Å². The zero-order valence-electron chi connectivity index (χ0n) is 12.9. The van der Waals surface area contributed by atoms with Crippen LogP contribution in [0.25, 0.3) is 17.0 Å². The lowest BCUT2D eigenvalue weighted by Gasteiger charge is -2.22. The summed E-state index contributed by atoms with van der Waals surface area (Å²) in [6.45, 7) is 0. The number of allylic oxidation sites excluding steroid dienone is 3. The topological polar surface area (TPSA) is 61.6 Å². The van der Waals surface area contributed by atoms with Crippen LogP contribution in [0.5, 0.6) is 0 Å². The monoisotopic (exact) mass is 311 g/mol. The molecule has 0 N–H and O–H groups in total. The van der Waals surface area contributed by atoms with Gasteiger partial charge in [0.05, 0.1) is 10.9 Å². The Kier molecular flexibility index (Phi) is 4.50. The number of para-hydroxylation sites is 1. The number of hydrogen-bond acceptors (Lipinski definition) is 5. The highest BCUT2D eigenvalue weighted by Crippen LogP contribution is 2.18. The van der Waals surface area contributed by atoms with Crippen LogP contribution in [0, 0.1) is 0 Å². The highest BCUT2D eigenvalue weighted by molar-refractivity contribution is 5.77. The highest BCUT2D eigenvalue weighted by Gasteiger charge is 2.19. The SMILES string of the molecule is COC1C=CC(/C=C/c2nc3ccccc3c(=O)o2)=CC1OC. The maximum Gasteiger partial charge on any atom is 0.347 e. The Labute approximate surface area is 133 Å². The Balaban J connectivity index is 1.87. The predicted octanol–water partition coefficient (Wildman–Crippen LogP) is 2.73. The van der Waals surface area contributed by atoms with E-state index in [1.165, 1.54) is 0 Å². The summed E-state index contributed by atoms with van der Waals surface area (Å²) in [6, 6.07) is 7.10. The minimum absolute atomic E-state index is 0.103. The quantitative estimate of drug-likeness (QED) is 0.869. The number of methoxy groups -OCH3 is 2. The van der Waals surface area contributed by atoms with Gasteiger partial charge >= 0.3 is 5.63 Å². The van der Waals surface area contributed by atoms with E-state index in [0.717, 1.165) is 5.57 Å². The molecule has 118 valence electrons. The number of nitrogens with zero attached hydrogens (tertiary/aromatic N) is 1. The maximum atomic E-state index is 11.9. The number of rotatable bonds is 4. The van der Waals surface area contributed by atoms with E-state index in [0.29, 0.717) is 10.9 Å². The van der Waals surface area contributed by atoms with Crippen LogP contribution in [0.15, 0.2) is 63.4 Å². The first kappa shape index (κ1) is 15.4. The molecule has 0 aliphatic heterocycles. The first-order valence-electron chi connectivity index (χ1n) is 7.25. The standard InChI is InChI=1S/C18H17NO4/c1-21-15-9-7-12(11-16(15)22-2)8-10-17-19-14-6-4-3-5-13(14)18(20)23-17/h3-11,15-16H,1-2H3/b10-8+. The molecule has 1 aromatic heterocycles. The number of ether oxygens (including phenoxy) is 2. The Morgan fingerprint density at radius 2 is 1.91 bits per heavy atom. The number of benzene rings is 1. The van der Waals surface area contributed by atoms with Gasteiger partial charge < -0.3 is 13.9 Å². The molecule has 1 aliphatic rings. The molecule has 2 aromatic rings. The summed E-state index contributed by atoms with van der Waals surface area (Å²) in [4.78, 5) is 16.3. The van der Waals surface area contributed by atoms with E-state index in [-0.39, 0.29) is 18.1 Å². The summed E-state index contributed by atoms with van der Waals surface area (Å²) >= 11 is 0. The smallest absolute Gasteiger partial charge is 0.347 e. The molecule has 0 saturated heterocycles. The van der Waals surface area contributed by atoms with Crippen molar-refractivity contribution in [1.29, 1.82) is 0 Å². The lowest BCUT2D eigenvalue weighted by molar-refractivity contribution is 0.0136. The fraction of sp³-hybridized carbons (Fsp3) is 0.222. The van der Waals surface area contributed by atoms with Gasteiger partial charge in [-0.2, -0.15) is 0 Å². The third kappa shape index (κ3) is 3.31. The van der Waals surface area contributed by atoms with Crippen molar-refractivity contribution in [3.8, 4) is 0 Å². The largest absolute Gasteiger partial charge is 0.404 e. The van der Waals surface area contributed by atoms with Gasteiger partial charge in [0.1, 0.15) is 12.2 Å². The van der Waals surface area contributed by atoms with Gasteiger partial charge in [0, 0.05) is 20.3 Å². The Hall–Kier alpha value is -2.50. The van der Waals surface area contributed by atoms with E-state index in [9.17, 15) is 4.79 Å². The van der Waals surface area contributed by atoms with Crippen molar-refractivity contribution in [2.45, 2.75) is 12.2 Å². The molecular weight excluding hydrogens is 294 g/mol. The molecule has 5 nitrogen and oxygen atoms in total. The van der Waals surface area contributed by atoms with Crippen LogP contribution in [0.3, 0.4) is 0 Å². The first-order valence-corrected chi connectivity index (χ1v) is 7.25. The van der Waals surface area contributed by atoms with Crippen molar-refractivity contribution in [3.63, 3.8) is 0 Å². The summed E-state index contributed by atoms with van der Waals surface area (Å²) < 4.78 is 15.9. The average molecular weight is 311 g/mol. The lowest BCUT2D eigenvalue weighted by Crippen LogP contribution is -2.28. The molecular formula is C18H17NO4. The van der Waals surface area contributed by atoms with Crippen LogP contribution in [0.1, 0.15) is 5.89 Å². The lowest BCUT2D eigenvalue weighted by atomic mass is 10.0. The van der Waals surface area contributed by atoms with E-state index < -0.39 is 5.63 Å². The minimum Gasteiger partial charge on any atom is -0.404 e. The van der Waals surface area contributed by atoms with Crippen LogP contribution in [0.2, 0.25) is 0 Å². The number of hydrogen-bond donors (Lipinski definition) is 0. The van der Waals surface area contributed by atoms with E-state index in [1.54, 1.807) is 38.5 Å². The third-order valence-electron chi connectivity index (χ3n) is 3.67. The second-order valence-electron chi connectivity index (χ2n) is 5.12. The van der Waals surface area contributed by atoms with Crippen molar-refractivity contribution in [1.82, 2.24) is 4.98 Å². The van der Waals surface area contributed by atoms with Gasteiger partial charge in [-0.25, -0.2) is 9.78 Å². The molecule has 0 amide bonds. The summed E-state index contributed by atoms with van der Waals surface area (Å²) in [7, 11) is 3.28. The van der Waals surface area contributed by atoms with Crippen molar-refractivity contribution in [3.05, 3.63) is 70.5 Å². The van der Waals surface area contributed by atoms with Crippen molar-refractivity contribution in [2.24, 2.45) is 0 Å². The van der Waals surface area contributed by atoms with Gasteiger partial charge in [-0.05, 0) is 29.9 Å². The summed E-state index contributed by atoms with van der Waals surface area (Å²) in [5.74, 6) is 0.269. The molecule has 0 spiro atoms. The molecule has 2 atom stereocenters. The van der Waals surface area contributed by atoms with E-state index in [1.807, 2.05) is 30.4 Å². The summed E-state index contributed by atoms with van der Waals surface area (Å²) in [5.41, 5.74) is 1.16. The van der Waals surface area contributed by atoms with Gasteiger partial charge in [-0.15, -0.1) is 0 Å². The Bertz CT molecular complexity index is 847. The molecule has 1 aromatic carbocycles. The fourth-order valence-corrected chi connectivity index (χ4v) is 2.46. The number of aromatic nitrogens is 1. The van der Waals surface area contributed by atoms with E-state index in [2.05, 4.69) is 4.98 Å². The molecule has 0 bridgehead atoms. The molecule has 0 fully saturated rings. The molecule has 2 unspecified atom stereocenters. The molecule has 3 rings (SSSR count). The first-order chi connectivity index (χ1) is 11.2. The molecule has 23 heavy (non-hydrogen) atoms. The van der Waals surface area contributed by atoms with Crippen LogP contribution < -0.4 is 5.63 Å². The van der Waals surface area contributed by atoms with Crippen LogP contribution in [-0.2, 0) is 9.47 Å².